The Morgan fingerprint density at radius 1 is 1.03 bits per heavy atom. The van der Waals surface area contributed by atoms with Crippen molar-refractivity contribution in [2.45, 2.75) is 6.61 Å². The molecule has 0 aliphatic heterocycles. The number of halogens is 1. The van der Waals surface area contributed by atoms with Gasteiger partial charge in [0.05, 0.1) is 13.3 Å². The maximum absolute atomic E-state index is 13.0. The number of oxime groups is 1. The largest absolute Gasteiger partial charge is 0.493 e. The third kappa shape index (κ3) is 6.34. The zero-order valence-corrected chi connectivity index (χ0v) is 16.4. The monoisotopic (exact) mass is 408 g/mol. The van der Waals surface area contributed by atoms with E-state index in [1.54, 1.807) is 42.5 Å². The number of ether oxygens (including phenoxy) is 2. The molecule has 0 saturated heterocycles. The summed E-state index contributed by atoms with van der Waals surface area (Å²) in [6, 6.07) is 20.4. The molecular formula is C23H21FN2O4. The number of carbonyl (C=O) groups excluding carboxylic acids is 1. The lowest BCUT2D eigenvalue weighted by Gasteiger charge is -2.11. The second-order valence-corrected chi connectivity index (χ2v) is 6.25. The molecule has 0 bridgehead atoms. The molecule has 0 aliphatic carbocycles. The number of nitrogens with zero attached hydrogens (tertiary/aromatic N) is 1. The smallest absolute Gasteiger partial charge is 0.265 e. The Morgan fingerprint density at radius 3 is 2.53 bits per heavy atom. The van der Waals surface area contributed by atoms with Crippen molar-refractivity contribution in [3.63, 3.8) is 0 Å². The van der Waals surface area contributed by atoms with Gasteiger partial charge in [0.15, 0.2) is 18.1 Å². The lowest BCUT2D eigenvalue weighted by molar-refractivity contribution is -0.120. The first-order chi connectivity index (χ1) is 14.6. The van der Waals surface area contributed by atoms with E-state index in [2.05, 4.69) is 10.5 Å². The van der Waals surface area contributed by atoms with Crippen LogP contribution < -0.4 is 14.8 Å². The van der Waals surface area contributed by atoms with Crippen molar-refractivity contribution in [2.24, 2.45) is 5.16 Å². The van der Waals surface area contributed by atoms with Crippen LogP contribution in [-0.4, -0.2) is 25.8 Å². The Balaban J connectivity index is 1.51. The second-order valence-electron chi connectivity index (χ2n) is 6.25. The van der Waals surface area contributed by atoms with Crippen molar-refractivity contribution in [1.82, 2.24) is 0 Å². The molecule has 6 nitrogen and oxygen atoms in total. The lowest BCUT2D eigenvalue weighted by atomic mass is 10.2. The highest BCUT2D eigenvalue weighted by atomic mass is 19.1. The third-order valence-electron chi connectivity index (χ3n) is 4.02. The van der Waals surface area contributed by atoms with Crippen LogP contribution in [0.25, 0.3) is 0 Å². The summed E-state index contributed by atoms with van der Waals surface area (Å²) < 4.78 is 24.1. The standard InChI is InChI=1S/C23H21FN2O4/c1-28-22-13-18(9-12-21(22)29-15-17-7-10-19(24)11-8-17)14-25-30-16-23(27)26-20-5-3-2-4-6-20/h2-14H,15-16H2,1H3,(H,26,27)/b25-14+. The molecule has 0 unspecified atom stereocenters. The fraction of sp³-hybridized carbons (Fsp3) is 0.130. The highest BCUT2D eigenvalue weighted by Crippen LogP contribution is 2.28. The molecule has 0 saturated carbocycles. The molecule has 0 heterocycles. The Bertz CT molecular complexity index is 992. The molecule has 7 heteroatoms. The quantitative estimate of drug-likeness (QED) is 0.421. The van der Waals surface area contributed by atoms with Crippen molar-refractivity contribution in [3.8, 4) is 11.5 Å². The topological polar surface area (TPSA) is 69.2 Å². The summed E-state index contributed by atoms with van der Waals surface area (Å²) in [5.41, 5.74) is 2.24. The van der Waals surface area contributed by atoms with Crippen LogP contribution in [0.1, 0.15) is 11.1 Å². The van der Waals surface area contributed by atoms with Crippen LogP contribution in [-0.2, 0) is 16.2 Å². The molecule has 0 fully saturated rings. The van der Waals surface area contributed by atoms with Crippen molar-refractivity contribution in [3.05, 3.63) is 89.7 Å². The lowest BCUT2D eigenvalue weighted by Crippen LogP contribution is -2.16. The van der Waals surface area contributed by atoms with E-state index >= 15 is 0 Å². The van der Waals surface area contributed by atoms with E-state index in [9.17, 15) is 9.18 Å². The van der Waals surface area contributed by atoms with Gasteiger partial charge in [-0.3, -0.25) is 4.79 Å². The minimum absolute atomic E-state index is 0.207. The first-order valence-electron chi connectivity index (χ1n) is 9.19. The van der Waals surface area contributed by atoms with Gasteiger partial charge in [-0.1, -0.05) is 35.5 Å². The molecule has 1 N–H and O–H groups in total. The van der Waals surface area contributed by atoms with Crippen LogP contribution in [0.2, 0.25) is 0 Å². The number of amides is 1. The van der Waals surface area contributed by atoms with Crippen molar-refractivity contribution in [2.75, 3.05) is 19.0 Å². The number of nitrogens with one attached hydrogen (secondary N) is 1. The van der Waals surface area contributed by atoms with Crippen molar-refractivity contribution in [1.29, 1.82) is 0 Å². The fourth-order valence-corrected chi connectivity index (χ4v) is 2.54. The maximum Gasteiger partial charge on any atom is 0.265 e. The van der Waals surface area contributed by atoms with Gasteiger partial charge in [-0.2, -0.15) is 0 Å². The van der Waals surface area contributed by atoms with Crippen LogP contribution in [0.5, 0.6) is 11.5 Å². The number of methoxy groups -OCH3 is 1. The Hall–Kier alpha value is -3.87. The van der Waals surface area contributed by atoms with Gasteiger partial charge in [-0.05, 0) is 48.0 Å². The summed E-state index contributed by atoms with van der Waals surface area (Å²) in [4.78, 5) is 16.9. The molecule has 0 aliphatic rings. The normalized spacial score (nSPS) is 10.6. The van der Waals surface area contributed by atoms with Gasteiger partial charge in [-0.25, -0.2) is 4.39 Å². The van der Waals surface area contributed by atoms with Crippen LogP contribution in [0, 0.1) is 5.82 Å². The maximum atomic E-state index is 13.0. The van der Waals surface area contributed by atoms with E-state index in [4.69, 9.17) is 14.3 Å². The van der Waals surface area contributed by atoms with Crippen molar-refractivity contribution < 1.29 is 23.5 Å². The van der Waals surface area contributed by atoms with Gasteiger partial charge in [0.2, 0.25) is 0 Å². The summed E-state index contributed by atoms with van der Waals surface area (Å²) in [6.07, 6.45) is 1.47. The molecule has 3 aromatic carbocycles. The molecular weight excluding hydrogens is 387 g/mol. The summed E-state index contributed by atoms with van der Waals surface area (Å²) >= 11 is 0. The molecule has 3 rings (SSSR count). The summed E-state index contributed by atoms with van der Waals surface area (Å²) in [5.74, 6) is 0.463. The molecule has 154 valence electrons. The number of benzene rings is 3. The average Bonchev–Trinajstić information content (AvgIpc) is 2.77. The number of hydrogen-bond donors (Lipinski definition) is 1. The zero-order valence-electron chi connectivity index (χ0n) is 16.4. The van der Waals surface area contributed by atoms with Crippen LogP contribution in [0.3, 0.4) is 0 Å². The van der Waals surface area contributed by atoms with Gasteiger partial charge in [0.1, 0.15) is 12.4 Å². The minimum Gasteiger partial charge on any atom is -0.493 e. The van der Waals surface area contributed by atoms with E-state index < -0.39 is 0 Å². The zero-order chi connectivity index (χ0) is 21.2. The van der Waals surface area contributed by atoms with Crippen molar-refractivity contribution >= 4 is 17.8 Å². The first kappa shape index (κ1) is 20.9. The number of rotatable bonds is 9. The summed E-state index contributed by atoms with van der Waals surface area (Å²) in [5, 5.41) is 6.51. The van der Waals surface area contributed by atoms with E-state index in [1.165, 1.54) is 25.5 Å². The molecule has 0 radical (unpaired) electrons. The fourth-order valence-electron chi connectivity index (χ4n) is 2.54. The van der Waals surface area contributed by atoms with Gasteiger partial charge < -0.3 is 19.6 Å². The molecule has 0 atom stereocenters. The second kappa shape index (κ2) is 10.6. The highest BCUT2D eigenvalue weighted by Gasteiger charge is 2.06. The van der Waals surface area contributed by atoms with E-state index in [0.29, 0.717) is 22.7 Å². The summed E-state index contributed by atoms with van der Waals surface area (Å²) in [6.45, 7) is 0.0745. The molecule has 3 aromatic rings. The molecule has 0 aromatic heterocycles. The number of hydrogen-bond acceptors (Lipinski definition) is 5. The molecule has 30 heavy (non-hydrogen) atoms. The number of para-hydroxylation sites is 1. The van der Waals surface area contributed by atoms with Crippen LogP contribution >= 0.6 is 0 Å². The Morgan fingerprint density at radius 2 is 1.80 bits per heavy atom. The number of carbonyl (C=O) groups is 1. The predicted molar refractivity (Wildman–Crippen MR) is 112 cm³/mol. The number of anilines is 1. The van der Waals surface area contributed by atoms with Crippen LogP contribution in [0.15, 0.2) is 78.0 Å². The molecule has 0 spiro atoms. The average molecular weight is 408 g/mol. The predicted octanol–water partition coefficient (Wildman–Crippen LogP) is 4.40. The van der Waals surface area contributed by atoms with Gasteiger partial charge in [0, 0.05) is 11.3 Å². The SMILES string of the molecule is COc1cc(/C=N/OCC(=O)Nc2ccccc2)ccc1OCc1ccc(F)cc1. The van der Waals surface area contributed by atoms with E-state index in [0.717, 1.165) is 5.56 Å². The minimum atomic E-state index is -0.305. The Kier molecular flexibility index (Phi) is 7.38. The highest BCUT2D eigenvalue weighted by molar-refractivity contribution is 5.91. The van der Waals surface area contributed by atoms with E-state index in [-0.39, 0.29) is 24.9 Å². The third-order valence-corrected chi connectivity index (χ3v) is 4.02. The van der Waals surface area contributed by atoms with E-state index in [1.807, 2.05) is 18.2 Å². The summed E-state index contributed by atoms with van der Waals surface area (Å²) in [7, 11) is 1.53. The van der Waals surface area contributed by atoms with Gasteiger partial charge in [-0.15, -0.1) is 0 Å². The first-order valence-corrected chi connectivity index (χ1v) is 9.19. The van der Waals surface area contributed by atoms with Gasteiger partial charge >= 0.3 is 0 Å². The van der Waals surface area contributed by atoms with Gasteiger partial charge in [0.25, 0.3) is 5.91 Å². The van der Waals surface area contributed by atoms with Crippen LogP contribution in [0.4, 0.5) is 10.1 Å². The molecule has 1 amide bonds. The Labute approximate surface area is 173 Å².